The first-order valence-corrected chi connectivity index (χ1v) is 14.2. The summed E-state index contributed by atoms with van der Waals surface area (Å²) in [4.78, 5) is 12.1. The van der Waals surface area contributed by atoms with Gasteiger partial charge in [0.2, 0.25) is 5.91 Å². The van der Waals surface area contributed by atoms with Crippen LogP contribution < -0.4 is 5.73 Å². The number of rotatable bonds is 15. The van der Waals surface area contributed by atoms with Gasteiger partial charge in [0.25, 0.3) is 0 Å². The Kier molecular flexibility index (Phi) is 12.9. The molecule has 0 aliphatic rings. The summed E-state index contributed by atoms with van der Waals surface area (Å²) < 4.78 is 0. The van der Waals surface area contributed by atoms with Crippen LogP contribution in [0.1, 0.15) is 136 Å². The number of phenolic OH excluding ortho intramolecular Hbond substituents is 1. The van der Waals surface area contributed by atoms with E-state index in [0.717, 1.165) is 35.3 Å². The molecule has 0 saturated carbocycles. The first kappa shape index (κ1) is 29.9. The maximum Gasteiger partial charge on any atom is 0.230 e. The van der Waals surface area contributed by atoms with Crippen LogP contribution in [0.3, 0.4) is 0 Å². The molecular weight excluding hydrogens is 426 g/mol. The first-order chi connectivity index (χ1) is 15.4. The lowest BCUT2D eigenvalue weighted by atomic mass is 9.78. The molecule has 33 heavy (non-hydrogen) atoms. The molecule has 1 atom stereocenters. The molecule has 0 bridgehead atoms. The minimum atomic E-state index is -0.207. The fourth-order valence-electron chi connectivity index (χ4n) is 4.24. The molecule has 1 rings (SSSR count). The van der Waals surface area contributed by atoms with Gasteiger partial charge in [-0.05, 0) is 33.9 Å². The Balaban J connectivity index is 2.61. The quantitative estimate of drug-likeness (QED) is 0.249. The van der Waals surface area contributed by atoms with E-state index in [1.54, 1.807) is 11.8 Å². The highest BCUT2D eigenvalue weighted by Gasteiger charge is 2.27. The van der Waals surface area contributed by atoms with Crippen molar-refractivity contribution in [1.29, 1.82) is 0 Å². The number of hydrogen-bond donors (Lipinski definition) is 2. The van der Waals surface area contributed by atoms with Crippen LogP contribution in [-0.2, 0) is 21.4 Å². The van der Waals surface area contributed by atoms with Crippen LogP contribution in [0.25, 0.3) is 0 Å². The molecule has 0 fully saturated rings. The summed E-state index contributed by atoms with van der Waals surface area (Å²) in [6, 6.07) is 4.21. The van der Waals surface area contributed by atoms with Gasteiger partial charge < -0.3 is 10.8 Å². The molecule has 1 aromatic rings. The molecule has 1 aromatic carbocycles. The molecular formula is C29H51NO2S. The lowest BCUT2D eigenvalue weighted by Gasteiger charge is -2.28. The van der Waals surface area contributed by atoms with Gasteiger partial charge >= 0.3 is 0 Å². The summed E-state index contributed by atoms with van der Waals surface area (Å²) in [6.07, 6.45) is 13.8. The molecule has 4 heteroatoms. The van der Waals surface area contributed by atoms with Crippen LogP contribution in [-0.4, -0.2) is 16.3 Å². The highest BCUT2D eigenvalue weighted by atomic mass is 32.2. The summed E-state index contributed by atoms with van der Waals surface area (Å²) in [5.41, 5.74) is 8.54. The van der Waals surface area contributed by atoms with Crippen molar-refractivity contribution >= 4 is 17.7 Å². The smallest absolute Gasteiger partial charge is 0.230 e. The van der Waals surface area contributed by atoms with Crippen LogP contribution in [0.4, 0.5) is 0 Å². The van der Waals surface area contributed by atoms with Crippen molar-refractivity contribution < 1.29 is 9.90 Å². The molecule has 0 saturated heterocycles. The number of unbranched alkanes of at least 4 members (excludes halogenated alkanes) is 9. The van der Waals surface area contributed by atoms with Crippen LogP contribution in [0.2, 0.25) is 0 Å². The molecule has 1 unspecified atom stereocenters. The molecule has 0 aliphatic heterocycles. The summed E-state index contributed by atoms with van der Waals surface area (Å²) in [7, 11) is 0. The van der Waals surface area contributed by atoms with E-state index in [1.807, 2.05) is 0 Å². The highest BCUT2D eigenvalue weighted by molar-refractivity contribution is 7.99. The normalized spacial score (nSPS) is 13.3. The van der Waals surface area contributed by atoms with Gasteiger partial charge in [0.15, 0.2) is 0 Å². The van der Waals surface area contributed by atoms with Crippen molar-refractivity contribution in [2.24, 2.45) is 5.73 Å². The average molecular weight is 478 g/mol. The number of thioether (sulfide) groups is 1. The summed E-state index contributed by atoms with van der Waals surface area (Å²) in [5.74, 6) is 0.931. The third-order valence-corrected chi connectivity index (χ3v) is 7.74. The molecule has 1 amide bonds. The van der Waals surface area contributed by atoms with E-state index >= 15 is 0 Å². The van der Waals surface area contributed by atoms with Crippen molar-refractivity contribution in [3.63, 3.8) is 0 Å². The molecule has 0 aliphatic carbocycles. The summed E-state index contributed by atoms with van der Waals surface area (Å²) in [6.45, 7) is 15.0. The molecule has 190 valence electrons. The van der Waals surface area contributed by atoms with Gasteiger partial charge in [0.1, 0.15) is 5.75 Å². The second kappa shape index (κ2) is 14.3. The molecule has 3 N–H and O–H groups in total. The van der Waals surface area contributed by atoms with E-state index in [1.165, 1.54) is 57.8 Å². The van der Waals surface area contributed by atoms with Crippen molar-refractivity contribution in [2.45, 2.75) is 141 Å². The average Bonchev–Trinajstić information content (AvgIpc) is 2.70. The highest BCUT2D eigenvalue weighted by Crippen LogP contribution is 2.40. The zero-order valence-electron chi connectivity index (χ0n) is 22.6. The number of nitrogens with two attached hydrogens (primary N) is 1. The van der Waals surface area contributed by atoms with Crippen molar-refractivity contribution in [3.05, 3.63) is 28.8 Å². The molecule has 0 aromatic heterocycles. The molecule has 0 heterocycles. The Morgan fingerprint density at radius 3 is 1.67 bits per heavy atom. The van der Waals surface area contributed by atoms with Crippen LogP contribution in [0.5, 0.6) is 5.75 Å². The number of amides is 1. The van der Waals surface area contributed by atoms with E-state index < -0.39 is 0 Å². The lowest BCUT2D eigenvalue weighted by Crippen LogP contribution is -2.26. The minimum Gasteiger partial charge on any atom is -0.507 e. The van der Waals surface area contributed by atoms with E-state index in [4.69, 9.17) is 5.73 Å². The zero-order valence-corrected chi connectivity index (χ0v) is 23.4. The first-order valence-electron chi connectivity index (χ1n) is 13.2. The minimum absolute atomic E-state index is 0.149. The summed E-state index contributed by atoms with van der Waals surface area (Å²) >= 11 is 1.65. The van der Waals surface area contributed by atoms with Gasteiger partial charge in [-0.25, -0.2) is 0 Å². The van der Waals surface area contributed by atoms with E-state index in [0.29, 0.717) is 5.75 Å². The largest absolute Gasteiger partial charge is 0.507 e. The lowest BCUT2D eigenvalue weighted by molar-refractivity contribution is -0.117. The van der Waals surface area contributed by atoms with Crippen LogP contribution in [0, 0.1) is 0 Å². The Bertz CT molecular complexity index is 680. The van der Waals surface area contributed by atoms with Gasteiger partial charge in [-0.2, -0.15) is 0 Å². The number of primary amides is 1. The second-order valence-corrected chi connectivity index (χ2v) is 12.9. The third kappa shape index (κ3) is 11.2. The third-order valence-electron chi connectivity index (χ3n) is 6.37. The van der Waals surface area contributed by atoms with Gasteiger partial charge in [0.05, 0.1) is 5.25 Å². The number of aromatic hydroxyl groups is 1. The summed E-state index contributed by atoms with van der Waals surface area (Å²) in [5, 5.41) is 10.8. The van der Waals surface area contributed by atoms with Gasteiger partial charge in [-0.3, -0.25) is 4.79 Å². The van der Waals surface area contributed by atoms with E-state index in [9.17, 15) is 9.90 Å². The molecule has 0 radical (unpaired) electrons. The topological polar surface area (TPSA) is 63.3 Å². The molecule has 3 nitrogen and oxygen atoms in total. The van der Waals surface area contributed by atoms with Crippen molar-refractivity contribution in [1.82, 2.24) is 0 Å². The number of carbonyl (C=O) groups is 1. The van der Waals surface area contributed by atoms with Crippen LogP contribution >= 0.6 is 11.8 Å². The Hall–Kier alpha value is -1.16. The van der Waals surface area contributed by atoms with Gasteiger partial charge in [-0.15, -0.1) is 11.8 Å². The monoisotopic (exact) mass is 477 g/mol. The second-order valence-electron chi connectivity index (χ2n) is 11.7. The fourth-order valence-corrected chi connectivity index (χ4v) is 5.30. The van der Waals surface area contributed by atoms with Crippen LogP contribution in [0.15, 0.2) is 12.1 Å². The Morgan fingerprint density at radius 1 is 0.848 bits per heavy atom. The predicted octanol–water partition coefficient (Wildman–Crippen LogP) is 8.39. The zero-order chi connectivity index (χ0) is 25.1. The maximum absolute atomic E-state index is 12.1. The SMILES string of the molecule is CCCCCCCCCCCCC(SCc1cc(C(C)(C)C)c(O)c(C(C)(C)C)c1)C(N)=O. The molecule has 0 spiro atoms. The van der Waals surface area contributed by atoms with Gasteiger partial charge in [0, 0.05) is 5.75 Å². The predicted molar refractivity (Wildman–Crippen MR) is 146 cm³/mol. The van der Waals surface area contributed by atoms with E-state index in [2.05, 4.69) is 60.6 Å². The number of carbonyl (C=O) groups excluding carboxylic acids is 1. The standard InChI is InChI=1S/C29H51NO2S/c1-8-9-10-11-12-13-14-15-16-17-18-25(27(30)32)33-21-22-19-23(28(2,3)4)26(31)24(20-22)29(5,6)7/h19-20,25,31H,8-18,21H2,1-7H3,(H2,30,32). The fraction of sp³-hybridized carbons (Fsp3) is 0.759. The Labute approximate surface area is 208 Å². The van der Waals surface area contributed by atoms with Crippen molar-refractivity contribution in [3.8, 4) is 5.75 Å². The maximum atomic E-state index is 12.1. The Morgan fingerprint density at radius 2 is 1.27 bits per heavy atom. The van der Waals surface area contributed by atoms with Crippen molar-refractivity contribution in [2.75, 3.05) is 0 Å². The number of phenols is 1. The van der Waals surface area contributed by atoms with Gasteiger partial charge in [-0.1, -0.05) is 125 Å². The number of hydrogen-bond acceptors (Lipinski definition) is 3. The van der Waals surface area contributed by atoms with E-state index in [-0.39, 0.29) is 22.0 Å². The number of benzene rings is 1.